The van der Waals surface area contributed by atoms with Gasteiger partial charge >= 0.3 is 0 Å². The first-order valence-electron chi connectivity index (χ1n) is 7.32. The minimum Gasteiger partial charge on any atom is -0.340 e. The maximum absolute atomic E-state index is 12.2. The summed E-state index contributed by atoms with van der Waals surface area (Å²) in [5.74, 6) is 1.00. The third-order valence-corrected chi connectivity index (χ3v) is 4.82. The lowest BCUT2D eigenvalue weighted by Gasteiger charge is -2.32. The zero-order valence-corrected chi connectivity index (χ0v) is 14.5. The van der Waals surface area contributed by atoms with Crippen LogP contribution < -0.4 is 5.32 Å². The van der Waals surface area contributed by atoms with Crippen LogP contribution in [0.2, 0.25) is 0 Å². The van der Waals surface area contributed by atoms with E-state index >= 15 is 0 Å². The van der Waals surface area contributed by atoms with Crippen LogP contribution in [-0.2, 0) is 11.3 Å². The van der Waals surface area contributed by atoms with Crippen molar-refractivity contribution < 1.29 is 4.79 Å². The number of thiophene rings is 1. The number of amides is 1. The van der Waals surface area contributed by atoms with Crippen LogP contribution in [0.3, 0.4) is 0 Å². The molecule has 6 heteroatoms. The molecule has 1 amide bonds. The van der Waals surface area contributed by atoms with Gasteiger partial charge in [-0.05, 0) is 56.9 Å². The van der Waals surface area contributed by atoms with Gasteiger partial charge in [-0.2, -0.15) is 0 Å². The summed E-state index contributed by atoms with van der Waals surface area (Å²) in [4.78, 5) is 17.6. The number of likely N-dealkylation sites (tertiary alicyclic amines) is 1. The fourth-order valence-corrected chi connectivity index (χ4v) is 3.43. The number of nitrogens with zero attached hydrogens (tertiary/aromatic N) is 2. The second-order valence-electron chi connectivity index (χ2n) is 5.61. The van der Waals surface area contributed by atoms with Crippen molar-refractivity contribution in [1.29, 1.82) is 0 Å². The van der Waals surface area contributed by atoms with Gasteiger partial charge in [-0.25, -0.2) is 0 Å². The van der Waals surface area contributed by atoms with Crippen LogP contribution in [0.1, 0.15) is 17.7 Å². The monoisotopic (exact) mass is 331 g/mol. The van der Waals surface area contributed by atoms with E-state index in [-0.39, 0.29) is 18.3 Å². The molecular formula is C15H26ClN3OS. The molecule has 0 unspecified atom stereocenters. The first kappa shape index (κ1) is 18.4. The van der Waals surface area contributed by atoms with Gasteiger partial charge in [0.15, 0.2) is 0 Å². The van der Waals surface area contributed by atoms with Gasteiger partial charge in [0.2, 0.25) is 5.91 Å². The van der Waals surface area contributed by atoms with E-state index in [1.54, 1.807) is 11.3 Å². The Kier molecular flexibility index (Phi) is 8.26. The first-order chi connectivity index (χ1) is 9.69. The Morgan fingerprint density at radius 2 is 2.19 bits per heavy atom. The Labute approximate surface area is 137 Å². The highest BCUT2D eigenvalue weighted by molar-refractivity contribution is 7.09. The minimum absolute atomic E-state index is 0. The molecule has 0 spiro atoms. The summed E-state index contributed by atoms with van der Waals surface area (Å²) in [7, 11) is 3.91. The minimum atomic E-state index is 0. The quantitative estimate of drug-likeness (QED) is 0.866. The van der Waals surface area contributed by atoms with E-state index in [1.165, 1.54) is 17.7 Å². The van der Waals surface area contributed by atoms with Gasteiger partial charge in [-0.1, -0.05) is 6.07 Å². The Hall–Kier alpha value is -0.620. The highest BCUT2D eigenvalue weighted by atomic mass is 35.5. The van der Waals surface area contributed by atoms with Crippen LogP contribution in [-0.4, -0.2) is 56.0 Å². The molecule has 4 nitrogen and oxygen atoms in total. The maximum atomic E-state index is 12.2. The van der Waals surface area contributed by atoms with Crippen molar-refractivity contribution in [2.45, 2.75) is 19.4 Å². The van der Waals surface area contributed by atoms with Gasteiger partial charge in [0.05, 0.1) is 13.1 Å². The molecule has 0 aromatic carbocycles. The van der Waals surface area contributed by atoms with Crippen LogP contribution in [0, 0.1) is 5.92 Å². The molecule has 1 aromatic heterocycles. The molecule has 0 radical (unpaired) electrons. The van der Waals surface area contributed by atoms with Crippen molar-refractivity contribution in [2.24, 2.45) is 5.92 Å². The maximum Gasteiger partial charge on any atom is 0.236 e. The number of hydrogen-bond acceptors (Lipinski definition) is 4. The van der Waals surface area contributed by atoms with Crippen molar-refractivity contribution in [1.82, 2.24) is 15.1 Å². The lowest BCUT2D eigenvalue weighted by Crippen LogP contribution is -2.43. The van der Waals surface area contributed by atoms with Gasteiger partial charge < -0.3 is 10.2 Å². The number of piperidine rings is 1. The largest absolute Gasteiger partial charge is 0.340 e. The van der Waals surface area contributed by atoms with E-state index in [4.69, 9.17) is 0 Å². The highest BCUT2D eigenvalue weighted by Gasteiger charge is 2.21. The van der Waals surface area contributed by atoms with E-state index in [9.17, 15) is 4.79 Å². The molecule has 2 rings (SSSR count). The van der Waals surface area contributed by atoms with Gasteiger partial charge in [-0.15, -0.1) is 23.7 Å². The molecule has 0 saturated carbocycles. The molecule has 1 aliphatic rings. The van der Waals surface area contributed by atoms with Crippen LogP contribution in [0.25, 0.3) is 0 Å². The highest BCUT2D eigenvalue weighted by Crippen LogP contribution is 2.16. The lowest BCUT2D eigenvalue weighted by atomic mass is 9.97. The molecule has 1 aliphatic heterocycles. The Balaban J connectivity index is 0.00000220. The van der Waals surface area contributed by atoms with Crippen LogP contribution in [0.15, 0.2) is 17.5 Å². The number of halogens is 1. The molecule has 0 atom stereocenters. The van der Waals surface area contributed by atoms with Crippen molar-refractivity contribution >= 4 is 29.7 Å². The summed E-state index contributed by atoms with van der Waals surface area (Å²) in [5.41, 5.74) is 0. The molecule has 120 valence electrons. The molecular weight excluding hydrogens is 306 g/mol. The molecule has 1 fully saturated rings. The molecule has 2 heterocycles. The third-order valence-electron chi connectivity index (χ3n) is 3.96. The second-order valence-corrected chi connectivity index (χ2v) is 6.64. The average molecular weight is 332 g/mol. The van der Waals surface area contributed by atoms with Crippen molar-refractivity contribution in [3.05, 3.63) is 22.4 Å². The summed E-state index contributed by atoms with van der Waals surface area (Å²) >= 11 is 1.71. The topological polar surface area (TPSA) is 35.6 Å². The number of hydrogen-bond donors (Lipinski definition) is 1. The number of likely N-dealkylation sites (N-methyl/N-ethyl adjacent to an activating group) is 1. The zero-order valence-electron chi connectivity index (χ0n) is 12.9. The van der Waals surface area contributed by atoms with Crippen molar-refractivity contribution in [2.75, 3.05) is 40.3 Å². The van der Waals surface area contributed by atoms with Gasteiger partial charge in [0.25, 0.3) is 0 Å². The Bertz CT molecular complexity index is 405. The predicted octanol–water partition coefficient (Wildman–Crippen LogP) is 2.06. The van der Waals surface area contributed by atoms with Crippen molar-refractivity contribution in [3.8, 4) is 0 Å². The smallest absolute Gasteiger partial charge is 0.236 e. The number of nitrogens with one attached hydrogen (secondary N) is 1. The summed E-state index contributed by atoms with van der Waals surface area (Å²) in [6, 6.07) is 4.11. The van der Waals surface area contributed by atoms with E-state index in [0.717, 1.165) is 32.1 Å². The van der Waals surface area contributed by atoms with Gasteiger partial charge in [0.1, 0.15) is 0 Å². The number of carbonyl (C=O) groups excluding carboxylic acids is 1. The predicted molar refractivity (Wildman–Crippen MR) is 91.1 cm³/mol. The molecule has 0 aliphatic carbocycles. The average Bonchev–Trinajstić information content (AvgIpc) is 2.94. The van der Waals surface area contributed by atoms with Gasteiger partial charge in [0, 0.05) is 11.9 Å². The van der Waals surface area contributed by atoms with E-state index in [0.29, 0.717) is 6.54 Å². The zero-order chi connectivity index (χ0) is 14.4. The number of rotatable bonds is 6. The standard InChI is InChI=1S/C15H25N3OS.ClH/c1-16-10-13-5-7-18(8-6-13)12-15(19)17(2)11-14-4-3-9-20-14;/h3-4,9,13,16H,5-8,10-12H2,1-2H3;1H. The van der Waals surface area contributed by atoms with E-state index in [1.807, 2.05) is 25.1 Å². The van der Waals surface area contributed by atoms with Crippen LogP contribution in [0.5, 0.6) is 0 Å². The van der Waals surface area contributed by atoms with Crippen LogP contribution in [0.4, 0.5) is 0 Å². The Morgan fingerprint density at radius 1 is 1.48 bits per heavy atom. The lowest BCUT2D eigenvalue weighted by molar-refractivity contribution is -0.132. The SMILES string of the molecule is CNCC1CCN(CC(=O)N(C)Cc2cccs2)CC1.Cl. The van der Waals surface area contributed by atoms with Crippen LogP contribution >= 0.6 is 23.7 Å². The van der Waals surface area contributed by atoms with E-state index in [2.05, 4.69) is 21.7 Å². The molecule has 1 aromatic rings. The van der Waals surface area contributed by atoms with Gasteiger partial charge in [-0.3, -0.25) is 9.69 Å². The fourth-order valence-electron chi connectivity index (χ4n) is 2.67. The van der Waals surface area contributed by atoms with E-state index < -0.39 is 0 Å². The third kappa shape index (κ3) is 5.94. The first-order valence-corrected chi connectivity index (χ1v) is 8.20. The summed E-state index contributed by atoms with van der Waals surface area (Å²) < 4.78 is 0. The summed E-state index contributed by atoms with van der Waals surface area (Å²) in [5, 5.41) is 5.30. The molecule has 21 heavy (non-hydrogen) atoms. The normalized spacial score (nSPS) is 16.5. The summed E-state index contributed by atoms with van der Waals surface area (Å²) in [6.07, 6.45) is 2.39. The fraction of sp³-hybridized carbons (Fsp3) is 0.667. The molecule has 1 N–H and O–H groups in total. The molecule has 1 saturated heterocycles. The molecule has 0 bridgehead atoms. The Morgan fingerprint density at radius 3 is 2.76 bits per heavy atom. The number of carbonyl (C=O) groups is 1. The van der Waals surface area contributed by atoms with Crippen molar-refractivity contribution in [3.63, 3.8) is 0 Å². The summed E-state index contributed by atoms with van der Waals surface area (Å²) in [6.45, 7) is 4.48. The second kappa shape index (κ2) is 9.41.